The first-order valence-electron chi connectivity index (χ1n) is 13.1. The molecule has 2 aliphatic heterocycles. The van der Waals surface area contributed by atoms with Crippen LogP contribution in [0.4, 0.5) is 0 Å². The summed E-state index contributed by atoms with van der Waals surface area (Å²) in [6, 6.07) is 42.3. The lowest BCUT2D eigenvalue weighted by molar-refractivity contribution is 0.465. The van der Waals surface area contributed by atoms with Crippen molar-refractivity contribution in [2.45, 2.75) is 0 Å². The minimum absolute atomic E-state index is 0.00229. The van der Waals surface area contributed by atoms with Crippen molar-refractivity contribution in [3.63, 3.8) is 0 Å². The second kappa shape index (κ2) is 8.75. The van der Waals surface area contributed by atoms with E-state index in [9.17, 15) is 0 Å². The van der Waals surface area contributed by atoms with Crippen molar-refractivity contribution < 1.29 is 9.47 Å². The highest BCUT2D eigenvalue weighted by molar-refractivity contribution is 6.98. The van der Waals surface area contributed by atoms with Crippen LogP contribution in [0.15, 0.2) is 134 Å². The van der Waals surface area contributed by atoms with Crippen molar-refractivity contribution in [2.75, 3.05) is 0 Å². The minimum atomic E-state index is 0.00229. The van der Waals surface area contributed by atoms with Crippen molar-refractivity contribution in [2.24, 2.45) is 0 Å². The van der Waals surface area contributed by atoms with Gasteiger partial charge < -0.3 is 9.47 Å². The summed E-state index contributed by atoms with van der Waals surface area (Å²) in [7, 11) is 0. The number of hydrogen-bond acceptors (Lipinski definition) is 3. The molecule has 8 rings (SSSR count). The number of benzene rings is 5. The molecule has 0 radical (unpaired) electrons. The number of fused-ring (bicyclic) bond motifs is 4. The van der Waals surface area contributed by atoms with E-state index < -0.39 is 0 Å². The maximum absolute atomic E-state index is 6.68. The van der Waals surface area contributed by atoms with E-state index in [1.165, 1.54) is 16.7 Å². The fraction of sp³-hybridized carbons (Fsp3) is 0. The van der Waals surface area contributed by atoms with Crippen molar-refractivity contribution in [1.82, 2.24) is 4.98 Å². The molecular formula is C35H22BNO2. The van der Waals surface area contributed by atoms with Crippen molar-refractivity contribution >= 4 is 23.1 Å². The number of pyridine rings is 1. The van der Waals surface area contributed by atoms with E-state index in [0.717, 1.165) is 56.1 Å². The highest BCUT2D eigenvalue weighted by Gasteiger charge is 2.40. The molecule has 3 nitrogen and oxygen atoms in total. The van der Waals surface area contributed by atoms with Crippen molar-refractivity contribution in [3.05, 3.63) is 134 Å². The fourth-order valence-corrected chi connectivity index (χ4v) is 5.83. The second-order valence-corrected chi connectivity index (χ2v) is 10.00. The summed E-state index contributed by atoms with van der Waals surface area (Å²) < 4.78 is 13.3. The Hall–Kier alpha value is -5.09. The van der Waals surface area contributed by atoms with Gasteiger partial charge in [0.25, 0.3) is 6.71 Å². The quantitative estimate of drug-likeness (QED) is 0.250. The Morgan fingerprint density at radius 3 is 1.67 bits per heavy atom. The molecule has 0 bridgehead atoms. The molecule has 0 saturated heterocycles. The average Bonchev–Trinajstić information content (AvgIpc) is 3.01. The first kappa shape index (κ1) is 21.9. The van der Waals surface area contributed by atoms with Crippen LogP contribution < -0.4 is 25.9 Å². The predicted molar refractivity (Wildman–Crippen MR) is 158 cm³/mol. The zero-order chi connectivity index (χ0) is 25.8. The first-order chi connectivity index (χ1) is 19.3. The van der Waals surface area contributed by atoms with Gasteiger partial charge in [0, 0.05) is 17.9 Å². The van der Waals surface area contributed by atoms with Crippen LogP contribution in [0.1, 0.15) is 0 Å². The van der Waals surface area contributed by atoms with E-state index in [-0.39, 0.29) is 6.71 Å². The summed E-state index contributed by atoms with van der Waals surface area (Å²) >= 11 is 0. The zero-order valence-corrected chi connectivity index (χ0v) is 21.0. The summed E-state index contributed by atoms with van der Waals surface area (Å²) in [5.74, 6) is 3.43. The Morgan fingerprint density at radius 1 is 0.410 bits per heavy atom. The van der Waals surface area contributed by atoms with Gasteiger partial charge in [0.2, 0.25) is 0 Å². The SMILES string of the molecule is c1ccc(-c2ccc3c(c2)Oc2cc(-c4ccncc4)cc4c2B3c2cc(-c3ccccc3)ccc2O4)cc1. The summed E-state index contributed by atoms with van der Waals surface area (Å²) in [5.41, 5.74) is 10.1. The largest absolute Gasteiger partial charge is 0.458 e. The second-order valence-electron chi connectivity index (χ2n) is 10.00. The van der Waals surface area contributed by atoms with Crippen LogP contribution in [-0.4, -0.2) is 11.7 Å². The molecule has 39 heavy (non-hydrogen) atoms. The summed E-state index contributed by atoms with van der Waals surface area (Å²) in [6.45, 7) is 0.00229. The van der Waals surface area contributed by atoms with Gasteiger partial charge >= 0.3 is 0 Å². The number of aromatic nitrogens is 1. The normalized spacial score (nSPS) is 12.5. The maximum atomic E-state index is 6.68. The molecular weight excluding hydrogens is 477 g/mol. The summed E-state index contributed by atoms with van der Waals surface area (Å²) in [5, 5.41) is 0. The van der Waals surface area contributed by atoms with Crippen molar-refractivity contribution in [3.8, 4) is 56.4 Å². The van der Waals surface area contributed by atoms with Crippen LogP contribution in [-0.2, 0) is 0 Å². The standard InChI is InChI=1S/C35H22BNO2/c1-3-7-23(8-4-1)26-12-14-31-30(19-26)36-29-13-11-27(24-9-5-2-6-10-24)20-32(29)39-34-22-28(21-33(38-31)35(34)36)25-15-17-37-18-16-25/h1-22H. The van der Waals surface area contributed by atoms with Crippen LogP contribution in [0.25, 0.3) is 33.4 Å². The lowest BCUT2D eigenvalue weighted by atomic mass is 9.34. The smallest absolute Gasteiger partial charge is 0.260 e. The topological polar surface area (TPSA) is 31.4 Å². The Bertz CT molecular complexity index is 1850. The number of hydrogen-bond donors (Lipinski definition) is 0. The van der Waals surface area contributed by atoms with Crippen LogP contribution in [0.3, 0.4) is 0 Å². The molecule has 0 atom stereocenters. The highest BCUT2D eigenvalue weighted by Crippen LogP contribution is 2.39. The Balaban J connectivity index is 1.35. The number of rotatable bonds is 3. The molecule has 0 fully saturated rings. The molecule has 3 heterocycles. The van der Waals surface area contributed by atoms with Gasteiger partial charge in [-0.15, -0.1) is 0 Å². The first-order valence-corrected chi connectivity index (χ1v) is 13.1. The van der Waals surface area contributed by atoms with E-state index in [1.807, 2.05) is 36.7 Å². The van der Waals surface area contributed by atoms with Gasteiger partial charge in [-0.2, -0.15) is 0 Å². The molecule has 182 valence electrons. The summed E-state index contributed by atoms with van der Waals surface area (Å²) in [6.07, 6.45) is 3.62. The van der Waals surface area contributed by atoms with E-state index in [2.05, 4.69) is 102 Å². The number of nitrogens with zero attached hydrogens (tertiary/aromatic N) is 1. The monoisotopic (exact) mass is 499 g/mol. The third-order valence-electron chi connectivity index (χ3n) is 7.71. The molecule has 5 aromatic carbocycles. The summed E-state index contributed by atoms with van der Waals surface area (Å²) in [4.78, 5) is 4.19. The van der Waals surface area contributed by atoms with Gasteiger partial charge in [0.15, 0.2) is 0 Å². The molecule has 2 aliphatic rings. The Morgan fingerprint density at radius 2 is 0.974 bits per heavy atom. The maximum Gasteiger partial charge on any atom is 0.260 e. The minimum Gasteiger partial charge on any atom is -0.458 e. The fourth-order valence-electron chi connectivity index (χ4n) is 5.83. The van der Waals surface area contributed by atoms with Crippen LogP contribution in [0.2, 0.25) is 0 Å². The lowest BCUT2D eigenvalue weighted by Gasteiger charge is -2.34. The van der Waals surface area contributed by atoms with Crippen LogP contribution >= 0.6 is 0 Å². The molecule has 0 amide bonds. The van der Waals surface area contributed by atoms with E-state index in [1.54, 1.807) is 0 Å². The van der Waals surface area contributed by atoms with E-state index in [4.69, 9.17) is 9.47 Å². The average molecular weight is 499 g/mol. The van der Waals surface area contributed by atoms with Crippen LogP contribution in [0, 0.1) is 0 Å². The predicted octanol–water partition coefficient (Wildman–Crippen LogP) is 6.81. The van der Waals surface area contributed by atoms with Crippen LogP contribution in [0.5, 0.6) is 23.0 Å². The van der Waals surface area contributed by atoms with Gasteiger partial charge in [0.1, 0.15) is 23.0 Å². The molecule has 4 heteroatoms. The Labute approximate surface area is 227 Å². The lowest BCUT2D eigenvalue weighted by Crippen LogP contribution is -2.57. The Kier molecular flexibility index (Phi) is 4.92. The molecule has 0 aliphatic carbocycles. The molecule has 1 aromatic heterocycles. The zero-order valence-electron chi connectivity index (χ0n) is 21.0. The van der Waals surface area contributed by atoms with Gasteiger partial charge in [-0.25, -0.2) is 0 Å². The molecule has 6 aromatic rings. The number of ether oxygens (including phenoxy) is 2. The highest BCUT2D eigenvalue weighted by atomic mass is 16.5. The third kappa shape index (κ3) is 3.64. The van der Waals surface area contributed by atoms with Gasteiger partial charge in [0.05, 0.1) is 0 Å². The van der Waals surface area contributed by atoms with Crippen molar-refractivity contribution in [1.29, 1.82) is 0 Å². The van der Waals surface area contributed by atoms with E-state index in [0.29, 0.717) is 0 Å². The van der Waals surface area contributed by atoms with Gasteiger partial charge in [-0.1, -0.05) is 84.9 Å². The third-order valence-corrected chi connectivity index (χ3v) is 7.71. The molecule has 0 unspecified atom stereocenters. The molecule has 0 spiro atoms. The molecule has 0 N–H and O–H groups in total. The van der Waals surface area contributed by atoms with Gasteiger partial charge in [-0.05, 0) is 80.7 Å². The molecule has 0 saturated carbocycles. The van der Waals surface area contributed by atoms with Gasteiger partial charge in [-0.3, -0.25) is 4.98 Å². The van der Waals surface area contributed by atoms with E-state index >= 15 is 0 Å².